The predicted octanol–water partition coefficient (Wildman–Crippen LogP) is 0.133. The van der Waals surface area contributed by atoms with E-state index in [9.17, 15) is 10.0 Å². The zero-order valence-corrected chi connectivity index (χ0v) is 8.69. The van der Waals surface area contributed by atoms with Crippen LogP contribution in [0.4, 0.5) is 17.1 Å². The van der Waals surface area contributed by atoms with Gasteiger partial charge in [0.15, 0.2) is 12.0 Å². The van der Waals surface area contributed by atoms with E-state index in [2.05, 4.69) is 4.99 Å². The molecular formula is C10H11N3O3. The first kappa shape index (κ1) is 10.6. The molecule has 1 aromatic rings. The number of nitrogens with one attached hydrogen (secondary N) is 1. The minimum atomic E-state index is -0.525. The van der Waals surface area contributed by atoms with Crippen molar-refractivity contribution in [1.82, 2.24) is 0 Å². The van der Waals surface area contributed by atoms with Gasteiger partial charge in [0, 0.05) is 11.8 Å². The number of rotatable bonds is 2. The predicted molar refractivity (Wildman–Crippen MR) is 59.0 cm³/mol. The number of esters is 1. The molecular weight excluding hydrogens is 210 g/mol. The molecule has 1 heterocycles. The number of nitrogen functional groups attached to an aromatic ring is 1. The van der Waals surface area contributed by atoms with Crippen LogP contribution < -0.4 is 10.8 Å². The van der Waals surface area contributed by atoms with Crippen molar-refractivity contribution in [3.8, 4) is 0 Å². The van der Waals surface area contributed by atoms with Crippen LogP contribution in [0.25, 0.3) is 0 Å². The first-order chi connectivity index (χ1) is 7.63. The molecule has 0 bridgehead atoms. The third-order valence-electron chi connectivity index (χ3n) is 2.25. The van der Waals surface area contributed by atoms with Gasteiger partial charge >= 0.3 is 5.97 Å². The lowest BCUT2D eigenvalue weighted by Gasteiger charge is -2.13. The average Bonchev–Trinajstić information content (AvgIpc) is 2.59. The Kier molecular flexibility index (Phi) is 2.59. The fourth-order valence-corrected chi connectivity index (χ4v) is 1.49. The Hall–Kier alpha value is -1.92. The number of carbonyl (C=O) groups is 1. The van der Waals surface area contributed by atoms with Gasteiger partial charge in [0.25, 0.3) is 0 Å². The van der Waals surface area contributed by atoms with Gasteiger partial charge in [-0.05, 0) is 13.0 Å². The summed E-state index contributed by atoms with van der Waals surface area (Å²) in [6, 6.07) is 2.93. The van der Waals surface area contributed by atoms with E-state index in [1.165, 1.54) is 18.5 Å². The Balaban J connectivity index is 2.42. The molecule has 0 radical (unpaired) electrons. The molecule has 1 unspecified atom stereocenters. The molecule has 0 saturated carbocycles. The SMILES string of the molecule is CCOC(=O)c1cc2c(cc1N)N=C[NH+]2[O-]. The summed E-state index contributed by atoms with van der Waals surface area (Å²) in [5, 5.41) is 11.1. The average molecular weight is 221 g/mol. The molecule has 6 heteroatoms. The Bertz CT molecular complexity index is 471. The molecule has 2 rings (SSSR count). The maximum atomic E-state index is 11.5. The molecule has 0 saturated heterocycles. The summed E-state index contributed by atoms with van der Waals surface area (Å²) in [6.07, 6.45) is 1.21. The van der Waals surface area contributed by atoms with E-state index in [4.69, 9.17) is 10.5 Å². The number of carbonyl (C=O) groups excluding carboxylic acids is 1. The number of hydrogen-bond donors (Lipinski definition) is 2. The quantitative estimate of drug-likeness (QED) is 0.422. The number of benzene rings is 1. The molecule has 0 fully saturated rings. The molecule has 0 amide bonds. The second-order valence-electron chi connectivity index (χ2n) is 3.30. The van der Waals surface area contributed by atoms with Crippen LogP contribution in [-0.2, 0) is 4.74 Å². The third-order valence-corrected chi connectivity index (χ3v) is 2.25. The number of aliphatic imine (C=N–C) groups is 1. The summed E-state index contributed by atoms with van der Waals surface area (Å²) in [5.74, 6) is -0.525. The van der Waals surface area contributed by atoms with Crippen LogP contribution >= 0.6 is 0 Å². The molecule has 1 aliphatic heterocycles. The van der Waals surface area contributed by atoms with E-state index in [-0.39, 0.29) is 22.9 Å². The Morgan fingerprint density at radius 1 is 1.62 bits per heavy atom. The number of hydrogen-bond acceptors (Lipinski definition) is 5. The lowest BCUT2D eigenvalue weighted by Crippen LogP contribution is -2.99. The van der Waals surface area contributed by atoms with E-state index in [0.717, 1.165) is 0 Å². The zero-order valence-electron chi connectivity index (χ0n) is 8.69. The van der Waals surface area contributed by atoms with Crippen LogP contribution in [-0.4, -0.2) is 18.9 Å². The molecule has 0 aromatic heterocycles. The van der Waals surface area contributed by atoms with Crippen LogP contribution in [0, 0.1) is 5.21 Å². The molecule has 1 aromatic carbocycles. The van der Waals surface area contributed by atoms with Crippen LogP contribution in [0.5, 0.6) is 0 Å². The number of hydroxylamine groups is 1. The molecule has 3 N–H and O–H groups in total. The lowest BCUT2D eigenvalue weighted by atomic mass is 10.1. The number of nitrogens with two attached hydrogens (primary N) is 1. The fraction of sp³-hybridized carbons (Fsp3) is 0.200. The minimum Gasteiger partial charge on any atom is -0.623 e. The maximum absolute atomic E-state index is 11.5. The largest absolute Gasteiger partial charge is 0.623 e. The van der Waals surface area contributed by atoms with Gasteiger partial charge in [-0.1, -0.05) is 0 Å². The summed E-state index contributed by atoms with van der Waals surface area (Å²) < 4.78 is 4.83. The first-order valence-electron chi connectivity index (χ1n) is 4.82. The molecule has 1 aliphatic rings. The maximum Gasteiger partial charge on any atom is 0.340 e. The number of ether oxygens (including phenoxy) is 1. The zero-order chi connectivity index (χ0) is 11.7. The van der Waals surface area contributed by atoms with Gasteiger partial charge in [-0.3, -0.25) is 5.06 Å². The first-order valence-corrected chi connectivity index (χ1v) is 4.82. The summed E-state index contributed by atoms with van der Waals surface area (Å²) in [6.45, 7) is 1.97. The molecule has 0 spiro atoms. The molecule has 84 valence electrons. The van der Waals surface area contributed by atoms with Crippen molar-refractivity contribution >= 4 is 29.4 Å². The number of quaternary nitrogens is 1. The van der Waals surface area contributed by atoms with Gasteiger partial charge in [0.1, 0.15) is 5.69 Å². The van der Waals surface area contributed by atoms with Gasteiger partial charge in [0.2, 0.25) is 0 Å². The van der Waals surface area contributed by atoms with E-state index in [0.29, 0.717) is 11.4 Å². The van der Waals surface area contributed by atoms with E-state index >= 15 is 0 Å². The molecule has 1 atom stereocenters. The topological polar surface area (TPSA) is 92.2 Å². The van der Waals surface area contributed by atoms with Crippen molar-refractivity contribution in [3.63, 3.8) is 0 Å². The van der Waals surface area contributed by atoms with Crippen molar-refractivity contribution < 1.29 is 14.6 Å². The highest BCUT2D eigenvalue weighted by Crippen LogP contribution is 2.29. The monoisotopic (exact) mass is 221 g/mol. The van der Waals surface area contributed by atoms with Crippen molar-refractivity contribution in [3.05, 3.63) is 22.9 Å². The van der Waals surface area contributed by atoms with E-state index < -0.39 is 5.97 Å². The standard InChI is InChI=1S/C10H11N3O3/c1-2-16-10(14)6-3-9-8(4-7(6)11)12-5-13(9)15/h3-5,13H,2,11H2,1H3. The highest BCUT2D eigenvalue weighted by Gasteiger charge is 2.21. The van der Waals surface area contributed by atoms with Crippen LogP contribution in [0.3, 0.4) is 0 Å². The summed E-state index contributed by atoms with van der Waals surface area (Å²) in [5.41, 5.74) is 7.04. The lowest BCUT2D eigenvalue weighted by molar-refractivity contribution is -0.655. The summed E-state index contributed by atoms with van der Waals surface area (Å²) in [7, 11) is 0. The number of nitrogens with zero attached hydrogens (tertiary/aromatic N) is 1. The van der Waals surface area contributed by atoms with Crippen LogP contribution in [0.15, 0.2) is 17.1 Å². The van der Waals surface area contributed by atoms with Gasteiger partial charge in [-0.25, -0.2) is 4.79 Å². The van der Waals surface area contributed by atoms with Crippen LogP contribution in [0.2, 0.25) is 0 Å². The Morgan fingerprint density at radius 2 is 2.38 bits per heavy atom. The van der Waals surface area contributed by atoms with Crippen molar-refractivity contribution in [2.24, 2.45) is 4.99 Å². The Morgan fingerprint density at radius 3 is 3.06 bits per heavy atom. The summed E-state index contributed by atoms with van der Waals surface area (Å²) in [4.78, 5) is 15.4. The number of fused-ring (bicyclic) bond motifs is 1. The third kappa shape index (κ3) is 1.64. The van der Waals surface area contributed by atoms with E-state index in [1.807, 2.05) is 0 Å². The highest BCUT2D eigenvalue weighted by atomic mass is 16.5. The second kappa shape index (κ2) is 3.92. The molecule has 16 heavy (non-hydrogen) atoms. The number of anilines is 1. The fourth-order valence-electron chi connectivity index (χ4n) is 1.49. The minimum absolute atomic E-state index is 0.208. The second-order valence-corrected chi connectivity index (χ2v) is 3.30. The van der Waals surface area contributed by atoms with Crippen molar-refractivity contribution in [1.29, 1.82) is 0 Å². The molecule has 6 nitrogen and oxygen atoms in total. The van der Waals surface area contributed by atoms with Gasteiger partial charge in [-0.15, -0.1) is 0 Å². The smallest absolute Gasteiger partial charge is 0.340 e. The van der Waals surface area contributed by atoms with Crippen molar-refractivity contribution in [2.75, 3.05) is 12.3 Å². The van der Waals surface area contributed by atoms with Crippen molar-refractivity contribution in [2.45, 2.75) is 6.92 Å². The van der Waals surface area contributed by atoms with Gasteiger partial charge in [0.05, 0.1) is 12.2 Å². The van der Waals surface area contributed by atoms with Gasteiger partial charge < -0.3 is 15.7 Å². The van der Waals surface area contributed by atoms with E-state index in [1.54, 1.807) is 6.92 Å². The van der Waals surface area contributed by atoms with Crippen LogP contribution in [0.1, 0.15) is 17.3 Å². The molecule has 0 aliphatic carbocycles. The highest BCUT2D eigenvalue weighted by molar-refractivity contribution is 5.98. The normalized spacial score (nSPS) is 17.2. The Labute approximate surface area is 91.9 Å². The summed E-state index contributed by atoms with van der Waals surface area (Å²) >= 11 is 0. The van der Waals surface area contributed by atoms with Gasteiger partial charge in [-0.2, -0.15) is 4.99 Å².